The normalized spacial score (nSPS) is 16.7. The summed E-state index contributed by atoms with van der Waals surface area (Å²) in [6.07, 6.45) is 2.38. The van der Waals surface area contributed by atoms with Gasteiger partial charge in [0.2, 0.25) is 0 Å². The molecule has 0 aliphatic carbocycles. The van der Waals surface area contributed by atoms with Crippen molar-refractivity contribution >= 4 is 17.1 Å². The molecule has 1 fully saturated rings. The predicted octanol–water partition coefficient (Wildman–Crippen LogP) is 2.78. The Bertz CT molecular complexity index is 485. The molecule has 6 nitrogen and oxygen atoms in total. The Hall–Kier alpha value is -1.82. The summed E-state index contributed by atoms with van der Waals surface area (Å²) in [4.78, 5) is 13.0. The van der Waals surface area contributed by atoms with E-state index in [-0.39, 0.29) is 10.6 Å². The summed E-state index contributed by atoms with van der Waals surface area (Å²) in [7, 11) is 1.77. The fraction of sp³-hybridized carbons (Fsp3) is 0.600. The molecule has 1 aromatic carbocycles. The highest BCUT2D eigenvalue weighted by molar-refractivity contribution is 5.63. The Kier molecular flexibility index (Phi) is 5.38. The van der Waals surface area contributed by atoms with Crippen molar-refractivity contribution < 1.29 is 4.92 Å². The van der Waals surface area contributed by atoms with Gasteiger partial charge in [-0.15, -0.1) is 0 Å². The number of piperidine rings is 1. The lowest BCUT2D eigenvalue weighted by Gasteiger charge is -2.31. The van der Waals surface area contributed by atoms with E-state index in [2.05, 4.69) is 22.5 Å². The molecule has 0 spiro atoms. The molecule has 1 aliphatic heterocycles. The first-order valence-electron chi connectivity index (χ1n) is 7.55. The van der Waals surface area contributed by atoms with E-state index < -0.39 is 0 Å². The summed E-state index contributed by atoms with van der Waals surface area (Å²) in [6, 6.07) is 5.06. The van der Waals surface area contributed by atoms with Crippen LogP contribution in [0.25, 0.3) is 0 Å². The van der Waals surface area contributed by atoms with Crippen LogP contribution in [-0.2, 0) is 0 Å². The van der Waals surface area contributed by atoms with Crippen LogP contribution in [0.5, 0.6) is 0 Å². The molecular weight excluding hydrogens is 268 g/mol. The Morgan fingerprint density at radius 3 is 2.52 bits per heavy atom. The largest absolute Gasteiger partial charge is 0.388 e. The second kappa shape index (κ2) is 7.26. The molecule has 1 heterocycles. The van der Waals surface area contributed by atoms with Crippen LogP contribution >= 0.6 is 0 Å². The van der Waals surface area contributed by atoms with Crippen molar-refractivity contribution in [2.45, 2.75) is 19.8 Å². The molecule has 6 heteroatoms. The summed E-state index contributed by atoms with van der Waals surface area (Å²) >= 11 is 0. The summed E-state index contributed by atoms with van der Waals surface area (Å²) in [5, 5.41) is 17.3. The first-order valence-corrected chi connectivity index (χ1v) is 7.55. The molecule has 0 amide bonds. The number of hydrogen-bond acceptors (Lipinski definition) is 5. The van der Waals surface area contributed by atoms with Crippen LogP contribution in [0.15, 0.2) is 18.2 Å². The van der Waals surface area contributed by atoms with Gasteiger partial charge in [0.15, 0.2) is 0 Å². The zero-order valence-corrected chi connectivity index (χ0v) is 12.8. The maximum Gasteiger partial charge on any atom is 0.273 e. The zero-order valence-electron chi connectivity index (χ0n) is 12.8. The highest BCUT2D eigenvalue weighted by atomic mass is 16.6. The Morgan fingerprint density at radius 1 is 1.29 bits per heavy atom. The number of nitrogens with one attached hydrogen (secondary N) is 2. The Labute approximate surface area is 125 Å². The van der Waals surface area contributed by atoms with Gasteiger partial charge < -0.3 is 15.5 Å². The van der Waals surface area contributed by atoms with Gasteiger partial charge in [-0.2, -0.15) is 0 Å². The number of anilines is 2. The lowest BCUT2D eigenvalue weighted by Crippen LogP contribution is -2.35. The highest BCUT2D eigenvalue weighted by Gasteiger charge is 2.18. The lowest BCUT2D eigenvalue weighted by atomic mass is 9.97. The van der Waals surface area contributed by atoms with Crippen LogP contribution in [-0.4, -0.2) is 43.0 Å². The topological polar surface area (TPSA) is 70.4 Å². The number of benzene rings is 1. The van der Waals surface area contributed by atoms with Crippen LogP contribution in [0.1, 0.15) is 19.8 Å². The minimum absolute atomic E-state index is 0.116. The van der Waals surface area contributed by atoms with Gasteiger partial charge in [0.1, 0.15) is 0 Å². The Balaban J connectivity index is 1.93. The van der Waals surface area contributed by atoms with Gasteiger partial charge in [-0.3, -0.25) is 10.1 Å². The first kappa shape index (κ1) is 15.6. The van der Waals surface area contributed by atoms with Crippen LogP contribution < -0.4 is 10.6 Å². The third kappa shape index (κ3) is 4.32. The van der Waals surface area contributed by atoms with Crippen LogP contribution in [0.3, 0.4) is 0 Å². The van der Waals surface area contributed by atoms with Gasteiger partial charge in [-0.1, -0.05) is 6.92 Å². The lowest BCUT2D eigenvalue weighted by molar-refractivity contribution is -0.384. The van der Waals surface area contributed by atoms with Crippen molar-refractivity contribution in [2.24, 2.45) is 5.92 Å². The fourth-order valence-electron chi connectivity index (χ4n) is 2.73. The van der Waals surface area contributed by atoms with Gasteiger partial charge in [-0.05, 0) is 44.5 Å². The van der Waals surface area contributed by atoms with Gasteiger partial charge >= 0.3 is 0 Å². The molecule has 0 bridgehead atoms. The molecule has 2 rings (SSSR count). The monoisotopic (exact) mass is 292 g/mol. The smallest absolute Gasteiger partial charge is 0.273 e. The third-order valence-electron chi connectivity index (χ3n) is 4.17. The predicted molar refractivity (Wildman–Crippen MR) is 86.0 cm³/mol. The number of nitro groups is 1. The SMILES string of the molecule is CCN1CCC(CNc2cc(NC)cc([N+](=O)[O-])c2)CC1. The maximum atomic E-state index is 10.9. The van der Waals surface area contributed by atoms with Crippen LogP contribution in [0, 0.1) is 16.0 Å². The molecule has 0 saturated carbocycles. The highest BCUT2D eigenvalue weighted by Crippen LogP contribution is 2.25. The van der Waals surface area contributed by atoms with Crippen molar-refractivity contribution in [3.8, 4) is 0 Å². The van der Waals surface area contributed by atoms with Crippen molar-refractivity contribution in [2.75, 3.05) is 43.9 Å². The molecule has 0 aromatic heterocycles. The second-order valence-electron chi connectivity index (χ2n) is 5.53. The van der Waals surface area contributed by atoms with Crippen LogP contribution in [0.2, 0.25) is 0 Å². The van der Waals surface area contributed by atoms with E-state index >= 15 is 0 Å². The standard InChI is InChI=1S/C15H24N4O2/c1-3-18-6-4-12(5-7-18)11-17-14-8-13(16-2)9-15(10-14)19(20)21/h8-10,12,16-17H,3-7,11H2,1-2H3. The van der Waals surface area contributed by atoms with E-state index in [1.165, 1.54) is 12.8 Å². The molecule has 1 aromatic rings. The molecular formula is C15H24N4O2. The van der Waals surface area contributed by atoms with Crippen molar-refractivity contribution in [3.63, 3.8) is 0 Å². The number of nitro benzene ring substituents is 1. The van der Waals surface area contributed by atoms with Gasteiger partial charge in [0.05, 0.1) is 4.92 Å². The number of likely N-dealkylation sites (tertiary alicyclic amines) is 1. The first-order chi connectivity index (χ1) is 10.1. The number of non-ortho nitro benzene ring substituents is 1. The van der Waals surface area contributed by atoms with Crippen molar-refractivity contribution in [1.82, 2.24) is 4.90 Å². The second-order valence-corrected chi connectivity index (χ2v) is 5.53. The summed E-state index contributed by atoms with van der Waals surface area (Å²) in [6.45, 7) is 6.50. The molecule has 2 N–H and O–H groups in total. The molecule has 1 aliphatic rings. The van der Waals surface area contributed by atoms with E-state index in [4.69, 9.17) is 0 Å². The average molecular weight is 292 g/mol. The van der Waals surface area contributed by atoms with Crippen molar-refractivity contribution in [1.29, 1.82) is 0 Å². The minimum atomic E-state index is -0.355. The van der Waals surface area contributed by atoms with Crippen LogP contribution in [0.4, 0.5) is 17.1 Å². The summed E-state index contributed by atoms with van der Waals surface area (Å²) in [5.41, 5.74) is 1.68. The van der Waals surface area contributed by atoms with E-state index in [1.54, 1.807) is 19.2 Å². The molecule has 116 valence electrons. The van der Waals surface area contributed by atoms with Gasteiger partial charge in [0, 0.05) is 37.1 Å². The quantitative estimate of drug-likeness (QED) is 0.623. The maximum absolute atomic E-state index is 10.9. The van der Waals surface area contributed by atoms with E-state index in [0.717, 1.165) is 37.6 Å². The minimum Gasteiger partial charge on any atom is -0.388 e. The van der Waals surface area contributed by atoms with E-state index in [1.807, 2.05) is 6.07 Å². The van der Waals surface area contributed by atoms with E-state index in [0.29, 0.717) is 5.92 Å². The molecule has 21 heavy (non-hydrogen) atoms. The Morgan fingerprint density at radius 2 is 1.95 bits per heavy atom. The molecule has 0 unspecified atom stereocenters. The third-order valence-corrected chi connectivity index (χ3v) is 4.17. The van der Waals surface area contributed by atoms with E-state index in [9.17, 15) is 10.1 Å². The molecule has 0 radical (unpaired) electrons. The average Bonchev–Trinajstić information content (AvgIpc) is 2.53. The summed E-state index contributed by atoms with van der Waals surface area (Å²) < 4.78 is 0. The number of nitrogens with zero attached hydrogens (tertiary/aromatic N) is 2. The van der Waals surface area contributed by atoms with Gasteiger partial charge in [0.25, 0.3) is 5.69 Å². The van der Waals surface area contributed by atoms with Gasteiger partial charge in [-0.25, -0.2) is 0 Å². The zero-order chi connectivity index (χ0) is 15.2. The fourth-order valence-corrected chi connectivity index (χ4v) is 2.73. The molecule has 1 saturated heterocycles. The number of rotatable bonds is 6. The summed E-state index contributed by atoms with van der Waals surface area (Å²) in [5.74, 6) is 0.644. The molecule has 0 atom stereocenters. The van der Waals surface area contributed by atoms with Crippen molar-refractivity contribution in [3.05, 3.63) is 28.3 Å². The number of hydrogen-bond donors (Lipinski definition) is 2.